The zero-order chi connectivity index (χ0) is 16.7. The summed E-state index contributed by atoms with van der Waals surface area (Å²) in [5.41, 5.74) is 1.16. The lowest BCUT2D eigenvalue weighted by molar-refractivity contribution is 0.102. The number of ether oxygens (including phenoxy) is 3. The normalized spacial score (nSPS) is 10.0. The maximum Gasteiger partial charge on any atom is 0.255 e. The number of amides is 1. The van der Waals surface area contributed by atoms with E-state index in [1.54, 1.807) is 44.6 Å². The molecule has 0 aliphatic rings. The molecule has 0 bridgehead atoms. The predicted molar refractivity (Wildman–Crippen MR) is 89.7 cm³/mol. The fraction of sp³-hybridized carbons (Fsp3) is 0.278. The van der Waals surface area contributed by atoms with Gasteiger partial charge in [-0.3, -0.25) is 4.79 Å². The molecule has 0 saturated heterocycles. The second kappa shape index (κ2) is 8.08. The van der Waals surface area contributed by atoms with Crippen LogP contribution >= 0.6 is 0 Å². The Bertz CT molecular complexity index is 670. The van der Waals surface area contributed by atoms with Gasteiger partial charge in [0.05, 0.1) is 20.8 Å². The summed E-state index contributed by atoms with van der Waals surface area (Å²) in [5.74, 6) is 1.63. The van der Waals surface area contributed by atoms with Crippen molar-refractivity contribution in [3.8, 4) is 17.2 Å². The monoisotopic (exact) mass is 315 g/mol. The van der Waals surface area contributed by atoms with Gasteiger partial charge >= 0.3 is 0 Å². The number of carbonyl (C=O) groups is 1. The van der Waals surface area contributed by atoms with E-state index >= 15 is 0 Å². The highest BCUT2D eigenvalue weighted by Crippen LogP contribution is 2.28. The third kappa shape index (κ3) is 4.39. The van der Waals surface area contributed by atoms with Gasteiger partial charge in [-0.15, -0.1) is 0 Å². The summed E-state index contributed by atoms with van der Waals surface area (Å²) in [4.78, 5) is 12.4. The molecule has 0 atom stereocenters. The minimum Gasteiger partial charge on any atom is -0.497 e. The summed E-state index contributed by atoms with van der Waals surface area (Å²) in [6.45, 7) is 2.63. The molecular weight excluding hydrogens is 294 g/mol. The summed E-state index contributed by atoms with van der Waals surface area (Å²) in [6, 6.07) is 12.3. The van der Waals surface area contributed by atoms with Gasteiger partial charge in [0.25, 0.3) is 5.91 Å². The highest BCUT2D eigenvalue weighted by atomic mass is 16.5. The van der Waals surface area contributed by atoms with E-state index in [-0.39, 0.29) is 5.91 Å². The number of benzene rings is 2. The molecule has 23 heavy (non-hydrogen) atoms. The van der Waals surface area contributed by atoms with Crippen molar-refractivity contribution in [2.24, 2.45) is 0 Å². The fourth-order valence-corrected chi connectivity index (χ4v) is 2.04. The predicted octanol–water partition coefficient (Wildman–Crippen LogP) is 3.74. The average molecular weight is 315 g/mol. The molecule has 0 aromatic heterocycles. The minimum absolute atomic E-state index is 0.224. The third-order valence-corrected chi connectivity index (χ3v) is 3.22. The van der Waals surface area contributed by atoms with Crippen LogP contribution < -0.4 is 19.5 Å². The van der Waals surface area contributed by atoms with E-state index in [0.717, 1.165) is 6.42 Å². The highest BCUT2D eigenvalue weighted by Gasteiger charge is 2.11. The molecule has 2 aromatic rings. The number of nitrogens with one attached hydrogen (secondary N) is 1. The summed E-state index contributed by atoms with van der Waals surface area (Å²) in [5, 5.41) is 2.83. The van der Waals surface area contributed by atoms with E-state index in [0.29, 0.717) is 35.1 Å². The van der Waals surface area contributed by atoms with Gasteiger partial charge in [-0.05, 0) is 36.8 Å². The average Bonchev–Trinajstić information content (AvgIpc) is 2.59. The van der Waals surface area contributed by atoms with E-state index in [1.165, 1.54) is 0 Å². The quantitative estimate of drug-likeness (QED) is 0.845. The molecule has 0 fully saturated rings. The van der Waals surface area contributed by atoms with Crippen molar-refractivity contribution in [1.82, 2.24) is 0 Å². The molecule has 0 saturated carbocycles. The molecule has 5 nitrogen and oxygen atoms in total. The van der Waals surface area contributed by atoms with Crippen LogP contribution in [0.25, 0.3) is 0 Å². The molecule has 5 heteroatoms. The van der Waals surface area contributed by atoms with Crippen LogP contribution in [0.2, 0.25) is 0 Å². The standard InChI is InChI=1S/C18H21NO4/c1-4-10-23-16-9-8-13(11-17(16)22-3)18(20)19-14-6-5-7-15(12-14)21-2/h5-9,11-12H,4,10H2,1-3H3,(H,19,20). The van der Waals surface area contributed by atoms with Crippen LogP contribution in [0.15, 0.2) is 42.5 Å². The molecule has 0 heterocycles. The topological polar surface area (TPSA) is 56.8 Å². The van der Waals surface area contributed by atoms with E-state index in [2.05, 4.69) is 5.32 Å². The Kier molecular flexibility index (Phi) is 5.86. The SMILES string of the molecule is CCCOc1ccc(C(=O)Nc2cccc(OC)c2)cc1OC. The molecule has 0 aliphatic heterocycles. The highest BCUT2D eigenvalue weighted by molar-refractivity contribution is 6.04. The second-order valence-corrected chi connectivity index (χ2v) is 4.90. The lowest BCUT2D eigenvalue weighted by atomic mass is 10.1. The molecule has 0 spiro atoms. The smallest absolute Gasteiger partial charge is 0.255 e. The van der Waals surface area contributed by atoms with Gasteiger partial charge in [0, 0.05) is 17.3 Å². The van der Waals surface area contributed by atoms with Gasteiger partial charge in [0.1, 0.15) is 5.75 Å². The number of carbonyl (C=O) groups excluding carboxylic acids is 1. The Hall–Kier alpha value is -2.69. The van der Waals surface area contributed by atoms with E-state index in [1.807, 2.05) is 19.1 Å². The molecule has 0 radical (unpaired) electrons. The Morgan fingerprint density at radius 3 is 2.57 bits per heavy atom. The molecule has 0 aliphatic carbocycles. The number of rotatable bonds is 7. The lowest BCUT2D eigenvalue weighted by Crippen LogP contribution is -2.12. The maximum absolute atomic E-state index is 12.4. The van der Waals surface area contributed by atoms with Crippen LogP contribution in [0.1, 0.15) is 23.7 Å². The van der Waals surface area contributed by atoms with Crippen molar-refractivity contribution in [2.75, 3.05) is 26.1 Å². The van der Waals surface area contributed by atoms with Gasteiger partial charge in [-0.2, -0.15) is 0 Å². The molecule has 2 aromatic carbocycles. The molecule has 1 N–H and O–H groups in total. The summed E-state index contributed by atoms with van der Waals surface area (Å²) in [6.07, 6.45) is 0.904. The zero-order valence-corrected chi connectivity index (χ0v) is 13.6. The van der Waals surface area contributed by atoms with Crippen LogP contribution in [0.4, 0.5) is 5.69 Å². The Morgan fingerprint density at radius 2 is 1.87 bits per heavy atom. The first-order chi connectivity index (χ1) is 11.2. The lowest BCUT2D eigenvalue weighted by Gasteiger charge is -2.12. The van der Waals surface area contributed by atoms with Gasteiger partial charge in [-0.25, -0.2) is 0 Å². The van der Waals surface area contributed by atoms with Crippen molar-refractivity contribution >= 4 is 11.6 Å². The molecule has 0 unspecified atom stereocenters. The minimum atomic E-state index is -0.224. The Balaban J connectivity index is 2.15. The number of methoxy groups -OCH3 is 2. The van der Waals surface area contributed by atoms with E-state index < -0.39 is 0 Å². The number of hydrogen-bond acceptors (Lipinski definition) is 4. The van der Waals surface area contributed by atoms with Gasteiger partial charge in [-0.1, -0.05) is 13.0 Å². The Morgan fingerprint density at radius 1 is 1.04 bits per heavy atom. The molecule has 122 valence electrons. The number of hydrogen-bond donors (Lipinski definition) is 1. The van der Waals surface area contributed by atoms with Gasteiger partial charge < -0.3 is 19.5 Å². The van der Waals surface area contributed by atoms with Gasteiger partial charge in [0.2, 0.25) is 0 Å². The Labute approximate surface area is 136 Å². The van der Waals surface area contributed by atoms with Crippen LogP contribution in [-0.4, -0.2) is 26.7 Å². The summed E-state index contributed by atoms with van der Waals surface area (Å²) in [7, 11) is 3.14. The van der Waals surface area contributed by atoms with E-state index in [4.69, 9.17) is 14.2 Å². The van der Waals surface area contributed by atoms with Crippen LogP contribution in [0.5, 0.6) is 17.2 Å². The van der Waals surface area contributed by atoms with Crippen LogP contribution in [-0.2, 0) is 0 Å². The summed E-state index contributed by atoms with van der Waals surface area (Å²) < 4.78 is 16.0. The summed E-state index contributed by atoms with van der Waals surface area (Å²) >= 11 is 0. The van der Waals surface area contributed by atoms with Crippen LogP contribution in [0, 0.1) is 0 Å². The van der Waals surface area contributed by atoms with E-state index in [9.17, 15) is 4.79 Å². The first-order valence-electron chi connectivity index (χ1n) is 7.44. The van der Waals surface area contributed by atoms with Gasteiger partial charge in [0.15, 0.2) is 11.5 Å². The fourth-order valence-electron chi connectivity index (χ4n) is 2.04. The van der Waals surface area contributed by atoms with Crippen molar-refractivity contribution in [3.63, 3.8) is 0 Å². The molecule has 1 amide bonds. The zero-order valence-electron chi connectivity index (χ0n) is 13.6. The molecule has 2 rings (SSSR count). The second-order valence-electron chi connectivity index (χ2n) is 4.90. The largest absolute Gasteiger partial charge is 0.497 e. The maximum atomic E-state index is 12.4. The van der Waals surface area contributed by atoms with Crippen molar-refractivity contribution < 1.29 is 19.0 Å². The van der Waals surface area contributed by atoms with Crippen molar-refractivity contribution in [2.45, 2.75) is 13.3 Å². The van der Waals surface area contributed by atoms with Crippen molar-refractivity contribution in [1.29, 1.82) is 0 Å². The first kappa shape index (κ1) is 16.7. The first-order valence-corrected chi connectivity index (χ1v) is 7.44. The third-order valence-electron chi connectivity index (χ3n) is 3.22. The molecular formula is C18H21NO4. The van der Waals surface area contributed by atoms with Crippen LogP contribution in [0.3, 0.4) is 0 Å². The number of anilines is 1. The van der Waals surface area contributed by atoms with Crippen molar-refractivity contribution in [3.05, 3.63) is 48.0 Å².